The van der Waals surface area contributed by atoms with Gasteiger partial charge in [-0.25, -0.2) is 4.99 Å². The Bertz CT molecular complexity index is 546. The van der Waals surface area contributed by atoms with Crippen LogP contribution in [0.15, 0.2) is 23.3 Å². The predicted octanol–water partition coefficient (Wildman–Crippen LogP) is 0.842. The molecule has 0 atom stereocenters. The Hall–Kier alpha value is -2.49. The number of anilines is 1. The van der Waals surface area contributed by atoms with E-state index in [1.807, 2.05) is 20.8 Å². The number of hydrogen-bond acceptors (Lipinski definition) is 4. The van der Waals surface area contributed by atoms with E-state index in [2.05, 4.69) is 15.6 Å². The van der Waals surface area contributed by atoms with Crippen LogP contribution in [-0.2, 0) is 0 Å². The van der Waals surface area contributed by atoms with Gasteiger partial charge in [-0.2, -0.15) is 9.99 Å². The molecule has 0 saturated heterocycles. The van der Waals surface area contributed by atoms with Gasteiger partial charge in [0, 0.05) is 0 Å². The summed E-state index contributed by atoms with van der Waals surface area (Å²) in [7, 11) is 0. The van der Waals surface area contributed by atoms with Gasteiger partial charge in [-0.1, -0.05) is 0 Å². The molecule has 18 heavy (non-hydrogen) atoms. The van der Waals surface area contributed by atoms with Gasteiger partial charge in [0.15, 0.2) is 11.7 Å². The molecule has 0 aliphatic carbocycles. The Labute approximate surface area is 105 Å². The van der Waals surface area contributed by atoms with Crippen LogP contribution in [0.2, 0.25) is 0 Å². The third-order valence-corrected chi connectivity index (χ3v) is 1.81. The first-order valence-corrected chi connectivity index (χ1v) is 5.30. The second kappa shape index (κ2) is 5.23. The van der Waals surface area contributed by atoms with Crippen molar-refractivity contribution >= 4 is 11.6 Å². The van der Waals surface area contributed by atoms with Crippen molar-refractivity contribution < 1.29 is 5.21 Å². The van der Waals surface area contributed by atoms with E-state index in [-0.39, 0.29) is 17.0 Å². The number of aromatic nitrogens is 1. The minimum Gasteiger partial charge on any atom is -0.427 e. The van der Waals surface area contributed by atoms with E-state index >= 15 is 0 Å². The molecule has 4 N–H and O–H groups in total. The molecule has 0 amide bonds. The molecule has 1 aromatic heterocycles. The van der Waals surface area contributed by atoms with Crippen molar-refractivity contribution in [3.63, 3.8) is 0 Å². The van der Waals surface area contributed by atoms with Crippen LogP contribution in [0, 0.1) is 16.9 Å². The van der Waals surface area contributed by atoms with E-state index in [9.17, 15) is 5.21 Å². The summed E-state index contributed by atoms with van der Waals surface area (Å²) in [6.07, 6.45) is 3.11. The van der Waals surface area contributed by atoms with Gasteiger partial charge in [0.25, 0.3) is 0 Å². The Morgan fingerprint density at radius 2 is 2.17 bits per heavy atom. The zero-order valence-corrected chi connectivity index (χ0v) is 10.5. The van der Waals surface area contributed by atoms with Gasteiger partial charge in [0.05, 0.1) is 17.4 Å². The summed E-state index contributed by atoms with van der Waals surface area (Å²) in [6, 6.07) is 3.02. The van der Waals surface area contributed by atoms with Crippen LogP contribution < -0.4 is 16.1 Å². The Kier molecular flexibility index (Phi) is 3.94. The molecule has 0 aliphatic heterocycles. The highest BCUT2D eigenvalue weighted by molar-refractivity contribution is 5.94. The third kappa shape index (κ3) is 4.17. The highest BCUT2D eigenvalue weighted by Crippen LogP contribution is 2.08. The van der Waals surface area contributed by atoms with E-state index in [0.29, 0.717) is 10.4 Å². The molecule has 7 heteroatoms. The van der Waals surface area contributed by atoms with Crippen molar-refractivity contribution in [1.29, 1.82) is 10.7 Å². The van der Waals surface area contributed by atoms with Crippen molar-refractivity contribution in [3.05, 3.63) is 23.8 Å². The first-order chi connectivity index (χ1) is 8.31. The summed E-state index contributed by atoms with van der Waals surface area (Å²) in [4.78, 5) is 4.28. The van der Waals surface area contributed by atoms with Gasteiger partial charge in [0.2, 0.25) is 5.96 Å². The van der Waals surface area contributed by atoms with Gasteiger partial charge >= 0.3 is 0 Å². The maximum absolute atomic E-state index is 9.34. The van der Waals surface area contributed by atoms with Crippen LogP contribution in [0.3, 0.4) is 0 Å². The van der Waals surface area contributed by atoms with Crippen molar-refractivity contribution in [2.24, 2.45) is 4.99 Å². The quantitative estimate of drug-likeness (QED) is 0.194. The summed E-state index contributed by atoms with van der Waals surface area (Å²) in [6.45, 7) is 5.69. The van der Waals surface area contributed by atoms with Gasteiger partial charge < -0.3 is 10.5 Å². The summed E-state index contributed by atoms with van der Waals surface area (Å²) in [5.41, 5.74) is 0.124. The van der Waals surface area contributed by atoms with Crippen LogP contribution in [0.25, 0.3) is 0 Å². The van der Waals surface area contributed by atoms with Crippen LogP contribution in [0.4, 0.5) is 5.69 Å². The lowest BCUT2D eigenvalue weighted by Crippen LogP contribution is -2.31. The topological polar surface area (TPSA) is 109 Å². The zero-order chi connectivity index (χ0) is 13.8. The fourth-order valence-electron chi connectivity index (χ4n) is 1.18. The van der Waals surface area contributed by atoms with Crippen LogP contribution in [0.1, 0.15) is 20.8 Å². The minimum absolute atomic E-state index is 0.0388. The predicted molar refractivity (Wildman–Crippen MR) is 67.0 cm³/mol. The van der Waals surface area contributed by atoms with Crippen LogP contribution >= 0.6 is 0 Å². The number of aliphatic imine (C=N–C) groups is 1. The molecule has 0 unspecified atom stereocenters. The standard InChI is InChI=1S/C11H16N6O/c1-11(2,3)16-10(14-7-12)15-8-4-5-9(13)17(18)6-8/h4-6,13,18H,1-3H3,(H2,14,15,16). The number of guanidine groups is 1. The van der Waals surface area contributed by atoms with E-state index < -0.39 is 0 Å². The maximum atomic E-state index is 9.34. The smallest absolute Gasteiger partial charge is 0.209 e. The molecule has 0 saturated carbocycles. The zero-order valence-electron chi connectivity index (χ0n) is 10.5. The monoisotopic (exact) mass is 248 g/mol. The van der Waals surface area contributed by atoms with E-state index in [1.165, 1.54) is 12.3 Å². The Morgan fingerprint density at radius 1 is 1.50 bits per heavy atom. The molecular formula is C11H16N6O. The molecule has 0 spiro atoms. The number of pyridine rings is 1. The molecular weight excluding hydrogens is 232 g/mol. The Balaban J connectivity index is 2.98. The number of hydrogen-bond donors (Lipinski definition) is 4. The van der Waals surface area contributed by atoms with Gasteiger partial charge in [-0.05, 0) is 32.9 Å². The molecule has 96 valence electrons. The molecule has 1 aromatic rings. The van der Waals surface area contributed by atoms with E-state index in [1.54, 1.807) is 12.3 Å². The largest absolute Gasteiger partial charge is 0.427 e. The highest BCUT2D eigenvalue weighted by Gasteiger charge is 2.10. The number of rotatable bonds is 1. The average Bonchev–Trinajstić information content (AvgIpc) is 2.21. The first-order valence-electron chi connectivity index (χ1n) is 5.30. The molecule has 0 fully saturated rings. The molecule has 0 bridgehead atoms. The fourth-order valence-corrected chi connectivity index (χ4v) is 1.18. The van der Waals surface area contributed by atoms with E-state index in [4.69, 9.17) is 10.7 Å². The van der Waals surface area contributed by atoms with Crippen molar-refractivity contribution in [2.45, 2.75) is 26.3 Å². The van der Waals surface area contributed by atoms with Gasteiger partial charge in [-0.15, -0.1) is 0 Å². The highest BCUT2D eigenvalue weighted by atomic mass is 16.5. The van der Waals surface area contributed by atoms with Gasteiger partial charge in [0.1, 0.15) is 0 Å². The lowest BCUT2D eigenvalue weighted by Gasteiger charge is -2.16. The number of nitriles is 1. The summed E-state index contributed by atoms with van der Waals surface area (Å²) >= 11 is 0. The van der Waals surface area contributed by atoms with E-state index in [0.717, 1.165) is 0 Å². The maximum Gasteiger partial charge on any atom is 0.209 e. The molecule has 1 heterocycles. The number of nitrogens with zero attached hydrogens (tertiary/aromatic N) is 3. The van der Waals surface area contributed by atoms with Crippen molar-refractivity contribution in [1.82, 2.24) is 10.0 Å². The minimum atomic E-state index is -0.350. The SMILES string of the molecule is CC(C)(C)N=C(NC#N)Nc1ccc(=N)n(O)c1. The molecule has 0 radical (unpaired) electrons. The lowest BCUT2D eigenvalue weighted by molar-refractivity contribution is 0.171. The molecule has 7 nitrogen and oxygen atoms in total. The average molecular weight is 248 g/mol. The first kappa shape index (κ1) is 13.6. The molecule has 0 aromatic carbocycles. The molecule has 1 rings (SSSR count). The Morgan fingerprint density at radius 3 is 2.67 bits per heavy atom. The summed E-state index contributed by atoms with van der Waals surface area (Å²) in [5.74, 6) is 0.280. The number of nitrogens with one attached hydrogen (secondary N) is 3. The molecule has 0 aliphatic rings. The fraction of sp³-hybridized carbons (Fsp3) is 0.364. The second-order valence-electron chi connectivity index (χ2n) is 4.64. The van der Waals surface area contributed by atoms with Crippen LogP contribution in [0.5, 0.6) is 0 Å². The summed E-state index contributed by atoms with van der Waals surface area (Å²) in [5, 5.41) is 30.6. The normalized spacial score (nSPS) is 11.8. The van der Waals surface area contributed by atoms with Crippen molar-refractivity contribution in [3.8, 4) is 6.19 Å². The van der Waals surface area contributed by atoms with Crippen molar-refractivity contribution in [2.75, 3.05) is 5.32 Å². The second-order valence-corrected chi connectivity index (χ2v) is 4.64. The van der Waals surface area contributed by atoms with Gasteiger partial charge in [-0.3, -0.25) is 10.7 Å². The van der Waals surface area contributed by atoms with Crippen LogP contribution in [-0.4, -0.2) is 21.4 Å². The summed E-state index contributed by atoms with van der Waals surface area (Å²) < 4.78 is 0.670. The third-order valence-electron chi connectivity index (χ3n) is 1.81. The lowest BCUT2D eigenvalue weighted by atomic mass is 10.1.